The topological polar surface area (TPSA) is 58.1 Å². The van der Waals surface area contributed by atoms with Crippen LogP contribution in [0.5, 0.6) is 11.5 Å². The van der Waals surface area contributed by atoms with Crippen LogP contribution in [-0.4, -0.2) is 65.9 Å². The molecule has 29 heavy (non-hydrogen) atoms. The first-order valence-electron chi connectivity index (χ1n) is 10.4. The molecule has 1 aromatic carbocycles. The number of methoxy groups -OCH3 is 1. The summed E-state index contributed by atoms with van der Waals surface area (Å²) in [6.07, 6.45) is 0.773. The summed E-state index contributed by atoms with van der Waals surface area (Å²) in [7, 11) is 1.67. The average Bonchev–Trinajstić information content (AvgIpc) is 2.71. The van der Waals surface area contributed by atoms with Crippen molar-refractivity contribution in [1.29, 1.82) is 0 Å². The molecule has 0 aliphatic carbocycles. The third kappa shape index (κ3) is 5.92. The lowest BCUT2D eigenvalue weighted by molar-refractivity contribution is 0.0491. The standard InChI is InChI=1S/C23H33N3O3/c1-4-29-23-14-19(8-9-22(23)28-3)15-25-11-12-26(21(17-25)10-13-27)16-20-7-5-6-18(2)24-20/h5-9,14,21,27H,4,10-13,15-17H2,1-3H3/t21-/m0/s1. The first-order valence-corrected chi connectivity index (χ1v) is 10.4. The molecule has 1 fully saturated rings. The summed E-state index contributed by atoms with van der Waals surface area (Å²) >= 11 is 0. The normalized spacial score (nSPS) is 18.0. The summed E-state index contributed by atoms with van der Waals surface area (Å²) in [4.78, 5) is 9.56. The molecule has 1 atom stereocenters. The Hall–Kier alpha value is -2.15. The van der Waals surface area contributed by atoms with Crippen molar-refractivity contribution < 1.29 is 14.6 Å². The lowest BCUT2D eigenvalue weighted by Crippen LogP contribution is -2.52. The molecular weight excluding hydrogens is 366 g/mol. The van der Waals surface area contributed by atoms with E-state index in [0.29, 0.717) is 12.6 Å². The number of piperazine rings is 1. The minimum absolute atomic E-state index is 0.202. The molecule has 2 heterocycles. The van der Waals surface area contributed by atoms with Gasteiger partial charge in [0.05, 0.1) is 19.4 Å². The van der Waals surface area contributed by atoms with Crippen LogP contribution in [0, 0.1) is 6.92 Å². The van der Waals surface area contributed by atoms with Crippen molar-refractivity contribution >= 4 is 0 Å². The number of aliphatic hydroxyl groups excluding tert-OH is 1. The van der Waals surface area contributed by atoms with Crippen LogP contribution in [-0.2, 0) is 13.1 Å². The fraction of sp³-hybridized carbons (Fsp3) is 0.522. The first kappa shape index (κ1) is 21.6. The van der Waals surface area contributed by atoms with Crippen molar-refractivity contribution in [2.75, 3.05) is 40.0 Å². The number of aryl methyl sites for hydroxylation is 1. The molecule has 0 spiro atoms. The van der Waals surface area contributed by atoms with Gasteiger partial charge in [0.25, 0.3) is 0 Å². The maximum absolute atomic E-state index is 9.58. The van der Waals surface area contributed by atoms with Crippen LogP contribution in [0.25, 0.3) is 0 Å². The van der Waals surface area contributed by atoms with Gasteiger partial charge < -0.3 is 14.6 Å². The number of pyridine rings is 1. The second-order valence-corrected chi connectivity index (χ2v) is 7.56. The van der Waals surface area contributed by atoms with E-state index in [1.54, 1.807) is 7.11 Å². The molecule has 1 saturated heterocycles. The summed E-state index contributed by atoms with van der Waals surface area (Å²) in [5.74, 6) is 1.56. The van der Waals surface area contributed by atoms with E-state index in [4.69, 9.17) is 9.47 Å². The van der Waals surface area contributed by atoms with Gasteiger partial charge in [0.1, 0.15) is 0 Å². The van der Waals surface area contributed by atoms with Crippen LogP contribution in [0.1, 0.15) is 30.3 Å². The van der Waals surface area contributed by atoms with Gasteiger partial charge in [0.2, 0.25) is 0 Å². The number of aromatic nitrogens is 1. The van der Waals surface area contributed by atoms with Gasteiger partial charge in [-0.05, 0) is 50.1 Å². The maximum atomic E-state index is 9.58. The highest BCUT2D eigenvalue weighted by Crippen LogP contribution is 2.29. The van der Waals surface area contributed by atoms with E-state index in [-0.39, 0.29) is 6.61 Å². The molecule has 6 nitrogen and oxygen atoms in total. The number of nitrogens with zero attached hydrogens (tertiary/aromatic N) is 3. The van der Waals surface area contributed by atoms with Gasteiger partial charge in [-0.2, -0.15) is 0 Å². The van der Waals surface area contributed by atoms with Gasteiger partial charge in [-0.3, -0.25) is 14.8 Å². The second kappa shape index (κ2) is 10.6. The number of ether oxygens (including phenoxy) is 2. The minimum atomic E-state index is 0.202. The molecule has 0 amide bonds. The molecule has 1 aliphatic heterocycles. The lowest BCUT2D eigenvalue weighted by Gasteiger charge is -2.41. The molecule has 0 unspecified atom stereocenters. The molecule has 6 heteroatoms. The highest BCUT2D eigenvalue weighted by atomic mass is 16.5. The third-order valence-corrected chi connectivity index (χ3v) is 5.40. The zero-order valence-corrected chi connectivity index (χ0v) is 17.8. The van der Waals surface area contributed by atoms with Crippen molar-refractivity contribution in [2.24, 2.45) is 0 Å². The summed E-state index contributed by atoms with van der Waals surface area (Å²) in [5.41, 5.74) is 3.35. The fourth-order valence-electron chi connectivity index (χ4n) is 3.97. The van der Waals surface area contributed by atoms with Crippen molar-refractivity contribution in [3.63, 3.8) is 0 Å². The Bertz CT molecular complexity index is 784. The van der Waals surface area contributed by atoms with Gasteiger partial charge in [0.15, 0.2) is 11.5 Å². The van der Waals surface area contributed by atoms with Crippen LogP contribution in [0.15, 0.2) is 36.4 Å². The van der Waals surface area contributed by atoms with E-state index in [9.17, 15) is 5.11 Å². The highest BCUT2D eigenvalue weighted by molar-refractivity contribution is 5.43. The lowest BCUT2D eigenvalue weighted by atomic mass is 10.1. The molecule has 1 N–H and O–H groups in total. The Balaban J connectivity index is 1.65. The monoisotopic (exact) mass is 399 g/mol. The van der Waals surface area contributed by atoms with Gasteiger partial charge in [-0.1, -0.05) is 12.1 Å². The summed E-state index contributed by atoms with van der Waals surface area (Å²) < 4.78 is 11.1. The smallest absolute Gasteiger partial charge is 0.161 e. The van der Waals surface area contributed by atoms with Crippen molar-refractivity contribution in [3.8, 4) is 11.5 Å². The zero-order chi connectivity index (χ0) is 20.6. The number of benzene rings is 1. The summed E-state index contributed by atoms with van der Waals surface area (Å²) in [5, 5.41) is 9.58. The molecule has 158 valence electrons. The number of hydrogen-bond acceptors (Lipinski definition) is 6. The number of hydrogen-bond donors (Lipinski definition) is 1. The molecule has 0 bridgehead atoms. The van der Waals surface area contributed by atoms with Crippen molar-refractivity contribution in [1.82, 2.24) is 14.8 Å². The van der Waals surface area contributed by atoms with Crippen molar-refractivity contribution in [3.05, 3.63) is 53.3 Å². The van der Waals surface area contributed by atoms with Crippen LogP contribution in [0.4, 0.5) is 0 Å². The van der Waals surface area contributed by atoms with Gasteiger partial charge in [-0.15, -0.1) is 0 Å². The molecule has 1 aliphatic rings. The number of aliphatic hydroxyl groups is 1. The molecular formula is C23H33N3O3. The van der Waals surface area contributed by atoms with E-state index in [1.165, 1.54) is 5.56 Å². The Morgan fingerprint density at radius 2 is 2.00 bits per heavy atom. The predicted octanol–water partition coefficient (Wildman–Crippen LogP) is 2.87. The number of rotatable bonds is 9. The molecule has 0 radical (unpaired) electrons. The van der Waals surface area contributed by atoms with Gasteiger partial charge in [-0.25, -0.2) is 0 Å². The Labute approximate surface area is 174 Å². The molecule has 0 saturated carbocycles. The second-order valence-electron chi connectivity index (χ2n) is 7.56. The molecule has 3 rings (SSSR count). The maximum Gasteiger partial charge on any atom is 0.161 e. The average molecular weight is 400 g/mol. The predicted molar refractivity (Wildman–Crippen MR) is 114 cm³/mol. The Kier molecular flexibility index (Phi) is 7.86. The molecule has 1 aromatic heterocycles. The Morgan fingerprint density at radius 1 is 1.14 bits per heavy atom. The van der Waals surface area contributed by atoms with E-state index in [2.05, 4.69) is 39.0 Å². The summed E-state index contributed by atoms with van der Waals surface area (Å²) in [6, 6.07) is 12.7. The SMILES string of the molecule is CCOc1cc(CN2CCN(Cc3cccc(C)n3)[C@@H](CCO)C2)ccc1OC. The highest BCUT2D eigenvalue weighted by Gasteiger charge is 2.27. The largest absolute Gasteiger partial charge is 0.493 e. The van der Waals surface area contributed by atoms with Crippen LogP contribution < -0.4 is 9.47 Å². The fourth-order valence-corrected chi connectivity index (χ4v) is 3.97. The van der Waals surface area contributed by atoms with Gasteiger partial charge >= 0.3 is 0 Å². The van der Waals surface area contributed by atoms with Crippen LogP contribution in [0.3, 0.4) is 0 Å². The van der Waals surface area contributed by atoms with E-state index >= 15 is 0 Å². The van der Waals surface area contributed by atoms with E-state index in [1.807, 2.05) is 26.0 Å². The van der Waals surface area contributed by atoms with E-state index < -0.39 is 0 Å². The molecule has 2 aromatic rings. The van der Waals surface area contributed by atoms with Crippen molar-refractivity contribution in [2.45, 2.75) is 39.4 Å². The van der Waals surface area contributed by atoms with Gasteiger partial charge in [0, 0.05) is 51.1 Å². The first-order chi connectivity index (χ1) is 14.1. The summed E-state index contributed by atoms with van der Waals surface area (Å²) in [6.45, 7) is 9.41. The third-order valence-electron chi connectivity index (χ3n) is 5.40. The zero-order valence-electron chi connectivity index (χ0n) is 17.8. The quantitative estimate of drug-likeness (QED) is 0.700. The van der Waals surface area contributed by atoms with Crippen LogP contribution in [0.2, 0.25) is 0 Å². The van der Waals surface area contributed by atoms with Crippen LogP contribution >= 0.6 is 0 Å². The Morgan fingerprint density at radius 3 is 2.72 bits per heavy atom. The van der Waals surface area contributed by atoms with E-state index in [0.717, 1.165) is 62.0 Å². The minimum Gasteiger partial charge on any atom is -0.493 e.